The maximum absolute atomic E-state index is 12.8. The number of hydrogen-bond donors (Lipinski definition) is 1. The first kappa shape index (κ1) is 19.2. The number of nitrogens with zero attached hydrogens (tertiary/aromatic N) is 1. The van der Waals surface area contributed by atoms with Crippen LogP contribution in [0.1, 0.15) is 39.2 Å². The summed E-state index contributed by atoms with van der Waals surface area (Å²) in [7, 11) is 2.08. The van der Waals surface area contributed by atoms with Gasteiger partial charge in [0.1, 0.15) is 0 Å². The van der Waals surface area contributed by atoms with E-state index in [0.717, 1.165) is 29.4 Å². The highest BCUT2D eigenvalue weighted by molar-refractivity contribution is 5.95. The fraction of sp³-hybridized carbons (Fsp3) is 0.409. The van der Waals surface area contributed by atoms with E-state index in [9.17, 15) is 4.79 Å². The van der Waals surface area contributed by atoms with Crippen molar-refractivity contribution in [2.75, 3.05) is 20.1 Å². The molecule has 0 aliphatic carbocycles. The molecule has 0 saturated carbocycles. The summed E-state index contributed by atoms with van der Waals surface area (Å²) in [5.41, 5.74) is 7.57. The van der Waals surface area contributed by atoms with E-state index in [1.165, 1.54) is 5.57 Å². The largest absolute Gasteiger partial charge is 0.369 e. The maximum Gasteiger partial charge on any atom is 0.228 e. The van der Waals surface area contributed by atoms with Gasteiger partial charge in [0.2, 0.25) is 5.91 Å². The molecule has 1 amide bonds. The standard InChI is InChI=1S/C22H30N2O/c1-5-24(4)16-15-22(21(23)25,14-13-17(2)3)20-12-8-10-18-9-6-7-11-19(18)20/h6-13H,5,14-16H2,1-4H3,(H2,23,25). The van der Waals surface area contributed by atoms with Crippen LogP contribution in [0.5, 0.6) is 0 Å². The van der Waals surface area contributed by atoms with E-state index in [1.807, 2.05) is 18.2 Å². The monoisotopic (exact) mass is 338 g/mol. The molecule has 134 valence electrons. The third-order valence-electron chi connectivity index (χ3n) is 5.10. The molecule has 1 unspecified atom stereocenters. The van der Waals surface area contributed by atoms with Gasteiger partial charge >= 0.3 is 0 Å². The molecule has 0 heterocycles. The normalized spacial score (nSPS) is 13.6. The molecule has 0 aliphatic heterocycles. The zero-order valence-corrected chi connectivity index (χ0v) is 15.9. The molecule has 0 spiro atoms. The lowest BCUT2D eigenvalue weighted by Gasteiger charge is -2.33. The van der Waals surface area contributed by atoms with Crippen LogP contribution in [0.4, 0.5) is 0 Å². The van der Waals surface area contributed by atoms with Crippen molar-refractivity contribution in [2.24, 2.45) is 5.73 Å². The van der Waals surface area contributed by atoms with Crippen LogP contribution in [-0.4, -0.2) is 30.9 Å². The molecule has 25 heavy (non-hydrogen) atoms. The Labute approximate surface area is 151 Å². The number of carbonyl (C=O) groups is 1. The quantitative estimate of drug-likeness (QED) is 0.731. The molecule has 1 atom stereocenters. The van der Waals surface area contributed by atoms with Gasteiger partial charge in [-0.1, -0.05) is 61.0 Å². The highest BCUT2D eigenvalue weighted by atomic mass is 16.1. The molecule has 0 aromatic heterocycles. The minimum absolute atomic E-state index is 0.245. The van der Waals surface area contributed by atoms with Crippen molar-refractivity contribution in [3.05, 3.63) is 59.7 Å². The summed E-state index contributed by atoms with van der Waals surface area (Å²) < 4.78 is 0. The van der Waals surface area contributed by atoms with Gasteiger partial charge in [0.15, 0.2) is 0 Å². The van der Waals surface area contributed by atoms with Gasteiger partial charge in [-0.3, -0.25) is 4.79 Å². The first-order chi connectivity index (χ1) is 11.9. The summed E-state index contributed by atoms with van der Waals surface area (Å²) >= 11 is 0. The van der Waals surface area contributed by atoms with E-state index in [0.29, 0.717) is 12.8 Å². The van der Waals surface area contributed by atoms with Gasteiger partial charge in [0.05, 0.1) is 5.41 Å². The van der Waals surface area contributed by atoms with Gasteiger partial charge < -0.3 is 10.6 Å². The lowest BCUT2D eigenvalue weighted by Crippen LogP contribution is -2.43. The first-order valence-corrected chi connectivity index (χ1v) is 9.00. The first-order valence-electron chi connectivity index (χ1n) is 9.00. The Kier molecular flexibility index (Phi) is 6.38. The van der Waals surface area contributed by atoms with Crippen molar-refractivity contribution in [1.82, 2.24) is 4.90 Å². The second kappa shape index (κ2) is 8.30. The van der Waals surface area contributed by atoms with Crippen LogP contribution >= 0.6 is 0 Å². The highest BCUT2D eigenvalue weighted by Crippen LogP contribution is 2.37. The van der Waals surface area contributed by atoms with Crippen molar-refractivity contribution < 1.29 is 4.79 Å². The molecule has 2 rings (SSSR count). The fourth-order valence-electron chi connectivity index (χ4n) is 3.26. The number of amides is 1. The molecule has 2 aromatic rings. The molecule has 0 aliphatic rings. The van der Waals surface area contributed by atoms with Gasteiger partial charge in [0.25, 0.3) is 0 Å². The van der Waals surface area contributed by atoms with Crippen LogP contribution in [0, 0.1) is 0 Å². The SMILES string of the molecule is CCN(C)CCC(CC=C(C)C)(C(N)=O)c1cccc2ccccc12. The van der Waals surface area contributed by atoms with E-state index in [-0.39, 0.29) is 5.91 Å². The van der Waals surface area contributed by atoms with Gasteiger partial charge in [0, 0.05) is 0 Å². The molecular formula is C22H30N2O. The van der Waals surface area contributed by atoms with E-state index in [2.05, 4.69) is 63.1 Å². The van der Waals surface area contributed by atoms with Crippen molar-refractivity contribution in [3.63, 3.8) is 0 Å². The molecule has 3 heteroatoms. The molecule has 0 saturated heterocycles. The summed E-state index contributed by atoms with van der Waals surface area (Å²) in [5.74, 6) is -0.245. The molecule has 2 aromatic carbocycles. The average Bonchev–Trinajstić information content (AvgIpc) is 2.61. The Morgan fingerprint density at radius 2 is 1.84 bits per heavy atom. The van der Waals surface area contributed by atoms with Crippen LogP contribution in [0.15, 0.2) is 54.1 Å². The van der Waals surface area contributed by atoms with Crippen LogP contribution in [0.25, 0.3) is 10.8 Å². The van der Waals surface area contributed by atoms with Crippen molar-refractivity contribution in [1.29, 1.82) is 0 Å². The van der Waals surface area contributed by atoms with E-state index < -0.39 is 5.41 Å². The molecule has 0 bridgehead atoms. The Bertz CT molecular complexity index is 756. The van der Waals surface area contributed by atoms with Crippen molar-refractivity contribution >= 4 is 16.7 Å². The number of primary amides is 1. The maximum atomic E-state index is 12.8. The van der Waals surface area contributed by atoms with Gasteiger partial charge in [-0.2, -0.15) is 0 Å². The predicted octanol–water partition coefficient (Wildman–Crippen LogP) is 4.26. The number of nitrogens with two attached hydrogens (primary N) is 1. The van der Waals surface area contributed by atoms with E-state index >= 15 is 0 Å². The number of fused-ring (bicyclic) bond motifs is 1. The Morgan fingerprint density at radius 3 is 2.48 bits per heavy atom. The van der Waals surface area contributed by atoms with Crippen LogP contribution < -0.4 is 5.73 Å². The fourth-order valence-corrected chi connectivity index (χ4v) is 3.26. The minimum Gasteiger partial charge on any atom is -0.369 e. The van der Waals surface area contributed by atoms with Gasteiger partial charge in [-0.15, -0.1) is 0 Å². The van der Waals surface area contributed by atoms with E-state index in [4.69, 9.17) is 5.73 Å². The third-order valence-corrected chi connectivity index (χ3v) is 5.10. The number of carbonyl (C=O) groups excluding carboxylic acids is 1. The summed E-state index contributed by atoms with van der Waals surface area (Å²) in [5, 5.41) is 2.26. The lowest BCUT2D eigenvalue weighted by atomic mass is 9.72. The zero-order valence-electron chi connectivity index (χ0n) is 15.9. The van der Waals surface area contributed by atoms with Crippen molar-refractivity contribution in [2.45, 2.75) is 39.0 Å². The van der Waals surface area contributed by atoms with Crippen LogP contribution in [-0.2, 0) is 10.2 Å². The van der Waals surface area contributed by atoms with Gasteiger partial charge in [-0.05, 0) is 63.2 Å². The molecule has 3 nitrogen and oxygen atoms in total. The Morgan fingerprint density at radius 1 is 1.16 bits per heavy atom. The topological polar surface area (TPSA) is 46.3 Å². The Hall–Kier alpha value is -2.13. The third kappa shape index (κ3) is 4.29. The lowest BCUT2D eigenvalue weighted by molar-refractivity contribution is -0.123. The van der Waals surface area contributed by atoms with Gasteiger partial charge in [-0.25, -0.2) is 0 Å². The number of allylic oxidation sites excluding steroid dienone is 2. The second-order valence-corrected chi connectivity index (χ2v) is 7.10. The Balaban J connectivity index is 2.62. The highest BCUT2D eigenvalue weighted by Gasteiger charge is 2.38. The summed E-state index contributed by atoms with van der Waals surface area (Å²) in [6.07, 6.45) is 3.49. The summed E-state index contributed by atoms with van der Waals surface area (Å²) in [6, 6.07) is 14.4. The zero-order chi connectivity index (χ0) is 18.4. The van der Waals surface area contributed by atoms with Crippen LogP contribution in [0.3, 0.4) is 0 Å². The molecule has 0 radical (unpaired) electrons. The minimum atomic E-state index is -0.693. The molecule has 2 N–H and O–H groups in total. The van der Waals surface area contributed by atoms with Crippen molar-refractivity contribution in [3.8, 4) is 0 Å². The molecule has 0 fully saturated rings. The van der Waals surface area contributed by atoms with Crippen LogP contribution in [0.2, 0.25) is 0 Å². The number of benzene rings is 2. The average molecular weight is 338 g/mol. The smallest absolute Gasteiger partial charge is 0.228 e. The number of rotatable bonds is 8. The number of hydrogen-bond acceptors (Lipinski definition) is 2. The summed E-state index contributed by atoms with van der Waals surface area (Å²) in [6.45, 7) is 8.03. The van der Waals surface area contributed by atoms with E-state index in [1.54, 1.807) is 0 Å². The predicted molar refractivity (Wildman–Crippen MR) is 107 cm³/mol. The second-order valence-electron chi connectivity index (χ2n) is 7.10. The summed E-state index contributed by atoms with van der Waals surface area (Å²) in [4.78, 5) is 15.0. The molecular weight excluding hydrogens is 308 g/mol.